The van der Waals surface area contributed by atoms with Crippen LogP contribution < -0.4 is 10.1 Å². The smallest absolute Gasteiger partial charge is 0.121 e. The van der Waals surface area contributed by atoms with Gasteiger partial charge in [0.05, 0.1) is 7.11 Å². The molecule has 0 heterocycles. The van der Waals surface area contributed by atoms with E-state index in [-0.39, 0.29) is 0 Å². The van der Waals surface area contributed by atoms with Crippen LogP contribution in [0, 0.1) is 6.92 Å². The Labute approximate surface area is 91.6 Å². The molecule has 1 saturated carbocycles. The second-order valence-corrected chi connectivity index (χ2v) is 4.31. The molecule has 82 valence electrons. The lowest BCUT2D eigenvalue weighted by molar-refractivity contribution is 0.338. The number of rotatable bonds is 4. The van der Waals surface area contributed by atoms with Crippen molar-refractivity contribution in [2.75, 3.05) is 7.11 Å². The Bertz CT molecular complexity index is 331. The average Bonchev–Trinajstić information content (AvgIpc) is 2.16. The van der Waals surface area contributed by atoms with E-state index in [0.717, 1.165) is 18.3 Å². The van der Waals surface area contributed by atoms with Crippen LogP contribution in [-0.4, -0.2) is 13.2 Å². The van der Waals surface area contributed by atoms with Gasteiger partial charge in [0.2, 0.25) is 0 Å². The van der Waals surface area contributed by atoms with Gasteiger partial charge in [-0.15, -0.1) is 0 Å². The maximum absolute atomic E-state index is 5.24. The zero-order chi connectivity index (χ0) is 10.7. The number of nitrogens with one attached hydrogen (secondary N) is 1. The minimum Gasteiger partial charge on any atom is -0.496 e. The van der Waals surface area contributed by atoms with Crippen LogP contribution in [-0.2, 0) is 6.54 Å². The highest BCUT2D eigenvalue weighted by Crippen LogP contribution is 2.21. The monoisotopic (exact) mass is 205 g/mol. The Kier molecular flexibility index (Phi) is 3.27. The SMILES string of the molecule is COc1ccc(CNC2CCC2)cc1C. The summed E-state index contributed by atoms with van der Waals surface area (Å²) in [7, 11) is 1.72. The molecule has 2 nitrogen and oxygen atoms in total. The minimum atomic E-state index is 0.757. The van der Waals surface area contributed by atoms with E-state index < -0.39 is 0 Å². The maximum atomic E-state index is 5.24. The zero-order valence-corrected chi connectivity index (χ0v) is 9.55. The van der Waals surface area contributed by atoms with E-state index in [1.54, 1.807) is 7.11 Å². The number of hydrogen-bond acceptors (Lipinski definition) is 2. The standard InChI is InChI=1S/C13H19NO/c1-10-8-11(6-7-13(10)15-2)9-14-12-4-3-5-12/h6-8,12,14H,3-5,9H2,1-2H3. The molecule has 0 spiro atoms. The fraction of sp³-hybridized carbons (Fsp3) is 0.538. The van der Waals surface area contributed by atoms with Crippen LogP contribution in [0.2, 0.25) is 0 Å². The van der Waals surface area contributed by atoms with Gasteiger partial charge in [0.25, 0.3) is 0 Å². The Balaban J connectivity index is 1.93. The first kappa shape index (κ1) is 10.5. The Morgan fingerprint density at radius 2 is 2.20 bits per heavy atom. The van der Waals surface area contributed by atoms with Gasteiger partial charge in [0, 0.05) is 12.6 Å². The van der Waals surface area contributed by atoms with E-state index in [1.165, 1.54) is 30.4 Å². The van der Waals surface area contributed by atoms with Crippen LogP contribution in [0.3, 0.4) is 0 Å². The topological polar surface area (TPSA) is 21.3 Å². The van der Waals surface area contributed by atoms with Crippen LogP contribution in [0.15, 0.2) is 18.2 Å². The molecule has 0 saturated heterocycles. The second-order valence-electron chi connectivity index (χ2n) is 4.31. The second kappa shape index (κ2) is 4.67. The molecule has 0 radical (unpaired) electrons. The molecule has 0 aromatic heterocycles. The van der Waals surface area contributed by atoms with E-state index >= 15 is 0 Å². The summed E-state index contributed by atoms with van der Waals surface area (Å²) in [5.74, 6) is 0.974. The van der Waals surface area contributed by atoms with Gasteiger partial charge in [-0.25, -0.2) is 0 Å². The van der Waals surface area contributed by atoms with Crippen molar-refractivity contribution in [3.05, 3.63) is 29.3 Å². The van der Waals surface area contributed by atoms with Gasteiger partial charge < -0.3 is 10.1 Å². The number of hydrogen-bond donors (Lipinski definition) is 1. The molecular formula is C13H19NO. The van der Waals surface area contributed by atoms with Gasteiger partial charge in [-0.3, -0.25) is 0 Å². The van der Waals surface area contributed by atoms with Crippen LogP contribution in [0.4, 0.5) is 0 Å². The van der Waals surface area contributed by atoms with E-state index in [4.69, 9.17) is 4.74 Å². The largest absolute Gasteiger partial charge is 0.496 e. The molecule has 0 aliphatic heterocycles. The molecule has 0 unspecified atom stereocenters. The molecule has 1 aliphatic rings. The molecule has 1 aromatic carbocycles. The van der Waals surface area contributed by atoms with Crippen molar-refractivity contribution in [3.8, 4) is 5.75 Å². The quantitative estimate of drug-likeness (QED) is 0.816. The Morgan fingerprint density at radius 1 is 1.40 bits per heavy atom. The highest BCUT2D eigenvalue weighted by molar-refractivity contribution is 5.36. The van der Waals surface area contributed by atoms with Crippen LogP contribution in [0.5, 0.6) is 5.75 Å². The molecule has 0 bridgehead atoms. The normalized spacial score (nSPS) is 16.1. The van der Waals surface area contributed by atoms with Crippen molar-refractivity contribution in [1.29, 1.82) is 0 Å². The predicted octanol–water partition coefficient (Wildman–Crippen LogP) is 2.65. The first-order valence-corrected chi connectivity index (χ1v) is 5.66. The molecule has 15 heavy (non-hydrogen) atoms. The van der Waals surface area contributed by atoms with Crippen molar-refractivity contribution >= 4 is 0 Å². The predicted molar refractivity (Wildman–Crippen MR) is 62.2 cm³/mol. The lowest BCUT2D eigenvalue weighted by atomic mass is 9.93. The van der Waals surface area contributed by atoms with Gasteiger partial charge in [-0.1, -0.05) is 18.6 Å². The fourth-order valence-corrected chi connectivity index (χ4v) is 1.93. The zero-order valence-electron chi connectivity index (χ0n) is 9.55. The summed E-state index contributed by atoms with van der Waals surface area (Å²) in [6.07, 6.45) is 4.07. The van der Waals surface area contributed by atoms with Crippen molar-refractivity contribution in [2.24, 2.45) is 0 Å². The molecule has 2 heteroatoms. The third kappa shape index (κ3) is 2.51. The summed E-state index contributed by atoms with van der Waals surface area (Å²) in [6, 6.07) is 7.14. The van der Waals surface area contributed by atoms with Gasteiger partial charge in [-0.2, -0.15) is 0 Å². The lowest BCUT2D eigenvalue weighted by Gasteiger charge is -2.26. The van der Waals surface area contributed by atoms with Crippen molar-refractivity contribution in [1.82, 2.24) is 5.32 Å². The molecule has 1 aliphatic carbocycles. The maximum Gasteiger partial charge on any atom is 0.121 e. The molecule has 0 atom stereocenters. The summed E-state index contributed by atoms with van der Waals surface area (Å²) in [5.41, 5.74) is 2.56. The van der Waals surface area contributed by atoms with Crippen molar-refractivity contribution in [2.45, 2.75) is 38.8 Å². The molecular weight excluding hydrogens is 186 g/mol. The highest BCUT2D eigenvalue weighted by atomic mass is 16.5. The number of ether oxygens (including phenoxy) is 1. The van der Waals surface area contributed by atoms with Crippen LogP contribution in [0.25, 0.3) is 0 Å². The number of methoxy groups -OCH3 is 1. The summed E-state index contributed by atoms with van der Waals surface area (Å²) in [6.45, 7) is 3.07. The summed E-state index contributed by atoms with van der Waals surface area (Å²) < 4.78 is 5.24. The van der Waals surface area contributed by atoms with Crippen molar-refractivity contribution in [3.63, 3.8) is 0 Å². The average molecular weight is 205 g/mol. The molecule has 2 rings (SSSR count). The highest BCUT2D eigenvalue weighted by Gasteiger charge is 2.15. The Hall–Kier alpha value is -1.02. The van der Waals surface area contributed by atoms with E-state index in [2.05, 4.69) is 24.4 Å². The van der Waals surface area contributed by atoms with E-state index in [9.17, 15) is 0 Å². The number of aryl methyl sites for hydroxylation is 1. The minimum absolute atomic E-state index is 0.757. The third-order valence-corrected chi connectivity index (χ3v) is 3.16. The van der Waals surface area contributed by atoms with Gasteiger partial charge in [-0.05, 0) is 37.0 Å². The summed E-state index contributed by atoms with van der Waals surface area (Å²) >= 11 is 0. The number of benzene rings is 1. The van der Waals surface area contributed by atoms with Crippen LogP contribution in [0.1, 0.15) is 30.4 Å². The van der Waals surface area contributed by atoms with Gasteiger partial charge in [0.15, 0.2) is 0 Å². The molecule has 0 amide bonds. The molecule has 1 fully saturated rings. The van der Waals surface area contributed by atoms with E-state index in [1.807, 2.05) is 6.07 Å². The Morgan fingerprint density at radius 3 is 2.73 bits per heavy atom. The van der Waals surface area contributed by atoms with Crippen molar-refractivity contribution < 1.29 is 4.74 Å². The molecule has 1 N–H and O–H groups in total. The first-order valence-electron chi connectivity index (χ1n) is 5.66. The third-order valence-electron chi connectivity index (χ3n) is 3.16. The van der Waals surface area contributed by atoms with Gasteiger partial charge >= 0.3 is 0 Å². The summed E-state index contributed by atoms with van der Waals surface area (Å²) in [5, 5.41) is 3.56. The van der Waals surface area contributed by atoms with E-state index in [0.29, 0.717) is 0 Å². The van der Waals surface area contributed by atoms with Crippen LogP contribution >= 0.6 is 0 Å². The molecule has 1 aromatic rings. The fourth-order valence-electron chi connectivity index (χ4n) is 1.93. The lowest BCUT2D eigenvalue weighted by Crippen LogP contribution is -2.34. The first-order chi connectivity index (χ1) is 7.29. The van der Waals surface area contributed by atoms with Gasteiger partial charge in [0.1, 0.15) is 5.75 Å². The summed E-state index contributed by atoms with van der Waals surface area (Å²) in [4.78, 5) is 0.